The van der Waals surface area contributed by atoms with E-state index in [1.165, 1.54) is 70.6 Å². The molecule has 1 heterocycles. The average Bonchev–Trinajstić information content (AvgIpc) is 2.89. The first-order chi connectivity index (χ1) is 17.6. The van der Waals surface area contributed by atoms with E-state index in [9.17, 15) is 9.59 Å². The van der Waals surface area contributed by atoms with Crippen LogP contribution in [0.25, 0.3) is 0 Å². The van der Waals surface area contributed by atoms with Crippen LogP contribution in [0, 0.1) is 0 Å². The third-order valence-corrected chi connectivity index (χ3v) is 6.43. The van der Waals surface area contributed by atoms with Crippen molar-refractivity contribution in [3.63, 3.8) is 0 Å². The fraction of sp³-hybridized carbons (Fsp3) is 0.710. The highest BCUT2D eigenvalue weighted by Gasteiger charge is 2.08. The number of unbranched alkanes of at least 4 members (excludes halogenated alkanes) is 14. The Morgan fingerprint density at radius 3 is 1.50 bits per heavy atom. The normalized spacial score (nSPS) is 10.8. The molecular weight excluding hydrogens is 450 g/mol. The second-order valence-corrected chi connectivity index (χ2v) is 9.99. The van der Waals surface area contributed by atoms with Gasteiger partial charge in [-0.3, -0.25) is 9.59 Å². The number of carbonyl (C=O) groups is 2. The fourth-order valence-corrected chi connectivity index (χ4v) is 4.16. The molecule has 0 aromatic carbocycles. The minimum atomic E-state index is -0.221. The molecule has 0 unspecified atom stereocenters. The first kappa shape index (κ1) is 31.9. The van der Waals surface area contributed by atoms with Gasteiger partial charge < -0.3 is 9.47 Å². The fourth-order valence-electron chi connectivity index (χ4n) is 4.16. The second kappa shape index (κ2) is 23.2. The quantitative estimate of drug-likeness (QED) is 0.0630. The molecule has 0 aliphatic carbocycles. The molecule has 5 nitrogen and oxygen atoms in total. The minimum Gasteiger partial charge on any atom is -0.461 e. The summed E-state index contributed by atoms with van der Waals surface area (Å²) in [7, 11) is 0. The van der Waals surface area contributed by atoms with E-state index in [2.05, 4.69) is 18.1 Å². The van der Waals surface area contributed by atoms with E-state index in [-0.39, 0.29) is 25.2 Å². The minimum absolute atomic E-state index is 0.116. The van der Waals surface area contributed by atoms with Gasteiger partial charge in [0.2, 0.25) is 0 Å². The van der Waals surface area contributed by atoms with Crippen LogP contribution in [0.5, 0.6) is 0 Å². The molecule has 0 saturated heterocycles. The van der Waals surface area contributed by atoms with Crippen molar-refractivity contribution in [3.8, 4) is 0 Å². The Hall–Kier alpha value is -2.17. The van der Waals surface area contributed by atoms with Crippen LogP contribution in [0.2, 0.25) is 0 Å². The maximum Gasteiger partial charge on any atom is 0.306 e. The number of nitrogens with zero attached hydrogens (tertiary/aromatic N) is 1. The van der Waals surface area contributed by atoms with Gasteiger partial charge in [-0.25, -0.2) is 4.57 Å². The summed E-state index contributed by atoms with van der Waals surface area (Å²) >= 11 is 0. The maximum absolute atomic E-state index is 11.9. The molecule has 0 aliphatic heterocycles. The summed E-state index contributed by atoms with van der Waals surface area (Å²) < 4.78 is 12.7. The van der Waals surface area contributed by atoms with Crippen LogP contribution >= 0.6 is 0 Å². The number of esters is 2. The predicted octanol–water partition coefficient (Wildman–Crippen LogP) is 7.66. The molecule has 0 N–H and O–H groups in total. The van der Waals surface area contributed by atoms with E-state index in [4.69, 9.17) is 9.47 Å². The standard InChI is InChI=1S/C31H52NO4/c1-3-4-5-6-7-8-9-10-11-12-13-14-17-22-30(33)35-27-29(2)28-36-31(34)23-18-15-19-24-32-25-20-16-21-26-32/h16,20-21,25-26H,2-15,17-19,22-24,27-28H2,1H3/q+1. The van der Waals surface area contributed by atoms with Gasteiger partial charge in [-0.1, -0.05) is 96.6 Å². The van der Waals surface area contributed by atoms with Crippen molar-refractivity contribution in [1.82, 2.24) is 0 Å². The van der Waals surface area contributed by atoms with E-state index < -0.39 is 0 Å². The van der Waals surface area contributed by atoms with Crippen LogP contribution in [-0.2, 0) is 25.6 Å². The zero-order chi connectivity index (χ0) is 26.1. The van der Waals surface area contributed by atoms with E-state index in [1.807, 2.05) is 30.6 Å². The molecule has 0 saturated carbocycles. The molecular formula is C31H52NO4+. The second-order valence-electron chi connectivity index (χ2n) is 9.99. The van der Waals surface area contributed by atoms with Gasteiger partial charge in [-0.05, 0) is 24.8 Å². The van der Waals surface area contributed by atoms with Gasteiger partial charge in [0, 0.05) is 31.4 Å². The summed E-state index contributed by atoms with van der Waals surface area (Å²) in [4.78, 5) is 23.8. The molecule has 204 valence electrons. The number of carbonyl (C=O) groups excluding carboxylic acids is 2. The Morgan fingerprint density at radius 2 is 1.03 bits per heavy atom. The number of hydrogen-bond acceptors (Lipinski definition) is 4. The molecule has 0 radical (unpaired) electrons. The van der Waals surface area contributed by atoms with Gasteiger partial charge in [0.1, 0.15) is 19.8 Å². The van der Waals surface area contributed by atoms with Crippen LogP contribution < -0.4 is 4.57 Å². The summed E-state index contributed by atoms with van der Waals surface area (Å²) in [6.07, 6.45) is 24.5. The van der Waals surface area contributed by atoms with E-state index in [0.717, 1.165) is 38.6 Å². The monoisotopic (exact) mass is 502 g/mol. The van der Waals surface area contributed by atoms with Crippen molar-refractivity contribution in [2.24, 2.45) is 0 Å². The number of ether oxygens (including phenoxy) is 2. The number of hydrogen-bond donors (Lipinski definition) is 0. The number of aromatic nitrogens is 1. The van der Waals surface area contributed by atoms with Crippen LogP contribution in [0.1, 0.15) is 122 Å². The van der Waals surface area contributed by atoms with Gasteiger partial charge in [-0.2, -0.15) is 0 Å². The van der Waals surface area contributed by atoms with Gasteiger partial charge in [0.15, 0.2) is 12.4 Å². The zero-order valence-electron chi connectivity index (χ0n) is 23.0. The van der Waals surface area contributed by atoms with Gasteiger partial charge >= 0.3 is 11.9 Å². The van der Waals surface area contributed by atoms with Crippen LogP contribution in [0.4, 0.5) is 0 Å². The Bertz CT molecular complexity index is 689. The maximum atomic E-state index is 11.9. The lowest BCUT2D eigenvalue weighted by Crippen LogP contribution is -2.32. The van der Waals surface area contributed by atoms with Gasteiger partial charge in [-0.15, -0.1) is 0 Å². The highest BCUT2D eigenvalue weighted by Crippen LogP contribution is 2.13. The van der Waals surface area contributed by atoms with Crippen LogP contribution in [-0.4, -0.2) is 25.2 Å². The van der Waals surface area contributed by atoms with Crippen molar-refractivity contribution < 1.29 is 23.6 Å². The highest BCUT2D eigenvalue weighted by atomic mass is 16.5. The molecule has 1 aromatic rings. The van der Waals surface area contributed by atoms with E-state index >= 15 is 0 Å². The first-order valence-corrected chi connectivity index (χ1v) is 14.5. The molecule has 0 spiro atoms. The van der Waals surface area contributed by atoms with E-state index in [0.29, 0.717) is 18.4 Å². The predicted molar refractivity (Wildman–Crippen MR) is 146 cm³/mol. The zero-order valence-corrected chi connectivity index (χ0v) is 23.0. The smallest absolute Gasteiger partial charge is 0.306 e. The molecule has 0 aliphatic rings. The summed E-state index contributed by atoms with van der Waals surface area (Å²) in [6.45, 7) is 7.31. The Kier molecular flexibility index (Phi) is 20.6. The Balaban J connectivity index is 1.86. The van der Waals surface area contributed by atoms with Crippen molar-refractivity contribution in [2.75, 3.05) is 13.2 Å². The average molecular weight is 503 g/mol. The lowest BCUT2D eigenvalue weighted by atomic mass is 10.0. The third kappa shape index (κ3) is 20.1. The summed E-state index contributed by atoms with van der Waals surface area (Å²) in [5.41, 5.74) is 0.613. The van der Waals surface area contributed by atoms with E-state index in [1.54, 1.807) is 0 Å². The Morgan fingerprint density at radius 1 is 0.611 bits per heavy atom. The first-order valence-electron chi connectivity index (χ1n) is 14.5. The molecule has 0 fully saturated rings. The summed E-state index contributed by atoms with van der Waals surface area (Å²) in [6, 6.07) is 6.03. The third-order valence-electron chi connectivity index (χ3n) is 6.43. The largest absolute Gasteiger partial charge is 0.461 e. The van der Waals surface area contributed by atoms with Crippen LogP contribution in [0.15, 0.2) is 42.7 Å². The lowest BCUT2D eigenvalue weighted by molar-refractivity contribution is -0.697. The number of rotatable bonds is 24. The van der Waals surface area contributed by atoms with Crippen molar-refractivity contribution in [2.45, 2.75) is 129 Å². The van der Waals surface area contributed by atoms with Crippen molar-refractivity contribution >= 4 is 11.9 Å². The molecule has 1 rings (SSSR count). The summed E-state index contributed by atoms with van der Waals surface area (Å²) in [5, 5.41) is 0. The topological polar surface area (TPSA) is 56.5 Å². The van der Waals surface area contributed by atoms with Gasteiger partial charge in [0.25, 0.3) is 0 Å². The molecule has 36 heavy (non-hydrogen) atoms. The SMILES string of the molecule is C=C(COC(=O)CCCCCCCCCCCCCCC)COC(=O)CCCCC[n+]1ccccc1. The molecule has 1 aromatic heterocycles. The molecule has 0 atom stereocenters. The summed E-state index contributed by atoms with van der Waals surface area (Å²) in [5.74, 6) is -0.413. The Labute approximate surface area is 220 Å². The molecule has 5 heteroatoms. The number of aryl methyl sites for hydroxylation is 1. The van der Waals surface area contributed by atoms with Crippen LogP contribution in [0.3, 0.4) is 0 Å². The molecule has 0 amide bonds. The highest BCUT2D eigenvalue weighted by molar-refractivity contribution is 5.70. The number of pyridine rings is 1. The van der Waals surface area contributed by atoms with Crippen molar-refractivity contribution in [1.29, 1.82) is 0 Å². The van der Waals surface area contributed by atoms with Crippen molar-refractivity contribution in [3.05, 3.63) is 42.7 Å². The van der Waals surface area contributed by atoms with Gasteiger partial charge in [0.05, 0.1) is 0 Å². The lowest BCUT2D eigenvalue weighted by Gasteiger charge is -2.09. The molecule has 0 bridgehead atoms.